The Hall–Kier alpha value is -3.60. The highest BCUT2D eigenvalue weighted by molar-refractivity contribution is 5.95. The first-order valence-corrected chi connectivity index (χ1v) is 10.1. The molecule has 11 heteroatoms. The zero-order chi connectivity index (χ0) is 22.4. The second-order valence-electron chi connectivity index (χ2n) is 7.75. The fourth-order valence-corrected chi connectivity index (χ4v) is 4.21. The predicted octanol–water partition coefficient (Wildman–Crippen LogP) is 1.48. The predicted molar refractivity (Wildman–Crippen MR) is 110 cm³/mol. The molecule has 3 aromatic rings. The van der Waals surface area contributed by atoms with Gasteiger partial charge < -0.3 is 19.3 Å². The third kappa shape index (κ3) is 3.44. The van der Waals surface area contributed by atoms with Crippen LogP contribution in [0.25, 0.3) is 10.9 Å². The number of pyridine rings is 1. The van der Waals surface area contributed by atoms with Crippen LogP contribution in [0.4, 0.5) is 14.7 Å². The van der Waals surface area contributed by atoms with Gasteiger partial charge in [0.1, 0.15) is 18.0 Å². The number of hydrogen-bond donors (Lipinski definition) is 1. The number of nitrogens with zero attached hydrogens (tertiary/aromatic N) is 5. The first kappa shape index (κ1) is 20.3. The third-order valence-corrected chi connectivity index (χ3v) is 5.82. The van der Waals surface area contributed by atoms with Gasteiger partial charge in [-0.15, -0.1) is 0 Å². The van der Waals surface area contributed by atoms with E-state index in [0.717, 1.165) is 18.5 Å². The van der Waals surface area contributed by atoms with E-state index in [4.69, 9.17) is 4.74 Å². The maximum Gasteiger partial charge on any atom is 0.341 e. The molecule has 5 rings (SSSR count). The number of carboxylic acids is 1. The number of aromatic carboxylic acids is 1. The van der Waals surface area contributed by atoms with Gasteiger partial charge in [0.15, 0.2) is 11.6 Å². The van der Waals surface area contributed by atoms with Crippen LogP contribution >= 0.6 is 0 Å². The fourth-order valence-electron chi connectivity index (χ4n) is 4.21. The summed E-state index contributed by atoms with van der Waals surface area (Å²) in [6.07, 6.45) is 3.54. The average Bonchev–Trinajstić information content (AvgIpc) is 2.79. The maximum atomic E-state index is 15.1. The number of carboxylic acid groups (broad SMARTS) is 1. The smallest absolute Gasteiger partial charge is 0.341 e. The van der Waals surface area contributed by atoms with Crippen LogP contribution in [0.5, 0.6) is 5.75 Å². The number of halogens is 2. The lowest BCUT2D eigenvalue weighted by atomic mass is 10.0. The van der Waals surface area contributed by atoms with Crippen molar-refractivity contribution in [3.05, 3.63) is 57.6 Å². The summed E-state index contributed by atoms with van der Waals surface area (Å²) < 4.78 is 35.6. The molecule has 0 radical (unpaired) electrons. The highest BCUT2D eigenvalue weighted by Crippen LogP contribution is 2.34. The van der Waals surface area contributed by atoms with Gasteiger partial charge in [0.05, 0.1) is 29.8 Å². The third-order valence-electron chi connectivity index (χ3n) is 5.82. The second kappa shape index (κ2) is 7.83. The summed E-state index contributed by atoms with van der Waals surface area (Å²) in [5, 5.41) is 9.31. The lowest BCUT2D eigenvalue weighted by Crippen LogP contribution is -2.46. The summed E-state index contributed by atoms with van der Waals surface area (Å²) in [5.74, 6) is -1.72. The molecule has 1 aromatic carbocycles. The number of carbonyl (C=O) groups is 1. The van der Waals surface area contributed by atoms with Crippen LogP contribution < -0.4 is 15.1 Å². The zero-order valence-corrected chi connectivity index (χ0v) is 16.9. The van der Waals surface area contributed by atoms with Crippen LogP contribution in [0, 0.1) is 11.6 Å². The lowest BCUT2D eigenvalue weighted by Gasteiger charge is -2.35. The van der Waals surface area contributed by atoms with Gasteiger partial charge in [-0.3, -0.25) is 9.69 Å². The van der Waals surface area contributed by atoms with Crippen molar-refractivity contribution in [3.63, 3.8) is 0 Å². The number of rotatable bonds is 4. The van der Waals surface area contributed by atoms with Crippen LogP contribution in [0.1, 0.15) is 15.9 Å². The van der Waals surface area contributed by atoms with Crippen LogP contribution in [-0.4, -0.2) is 63.3 Å². The summed E-state index contributed by atoms with van der Waals surface area (Å²) in [7, 11) is 0. The number of hydrogen-bond acceptors (Lipinski definition) is 7. The second-order valence-corrected chi connectivity index (χ2v) is 7.75. The van der Waals surface area contributed by atoms with E-state index < -0.39 is 28.6 Å². The normalized spacial score (nSPS) is 16.2. The van der Waals surface area contributed by atoms with E-state index in [1.165, 1.54) is 6.20 Å². The van der Waals surface area contributed by atoms with Crippen molar-refractivity contribution in [2.45, 2.75) is 13.1 Å². The summed E-state index contributed by atoms with van der Waals surface area (Å²) in [4.78, 5) is 36.0. The molecule has 1 saturated heterocycles. The molecule has 0 amide bonds. The molecule has 0 aliphatic carbocycles. The van der Waals surface area contributed by atoms with Crippen molar-refractivity contribution in [2.75, 3.05) is 37.7 Å². The Morgan fingerprint density at radius 1 is 1.12 bits per heavy atom. The van der Waals surface area contributed by atoms with E-state index in [9.17, 15) is 19.1 Å². The molecular weight excluding hydrogens is 424 g/mol. The molecule has 0 saturated carbocycles. The number of piperazine rings is 1. The Labute approximate surface area is 180 Å². The highest BCUT2D eigenvalue weighted by atomic mass is 19.1. The Bertz CT molecular complexity index is 1270. The van der Waals surface area contributed by atoms with Crippen LogP contribution in [0.2, 0.25) is 0 Å². The van der Waals surface area contributed by atoms with Gasteiger partial charge in [-0.05, 0) is 6.07 Å². The van der Waals surface area contributed by atoms with Crippen molar-refractivity contribution in [3.8, 4) is 5.75 Å². The van der Waals surface area contributed by atoms with E-state index in [1.807, 2.05) is 9.80 Å². The molecule has 0 unspecified atom stereocenters. The Kier molecular flexibility index (Phi) is 4.97. The summed E-state index contributed by atoms with van der Waals surface area (Å²) in [5.41, 5.74) is -0.369. The van der Waals surface area contributed by atoms with Crippen LogP contribution in [0.15, 0.2) is 29.5 Å². The molecule has 166 valence electrons. The van der Waals surface area contributed by atoms with E-state index in [-0.39, 0.29) is 24.3 Å². The Balaban J connectivity index is 1.43. The van der Waals surface area contributed by atoms with Gasteiger partial charge in [-0.1, -0.05) is 0 Å². The van der Waals surface area contributed by atoms with Gasteiger partial charge in [0, 0.05) is 44.5 Å². The standard InChI is InChI=1S/C21H19F2N5O4/c22-12-8-24-21(25-9-12)27-3-1-26(2-4-27)10-14-16(23)7-13-17-19(14)32-6-5-28(17)11-15(18(13)29)20(30)31/h7-9,11H,1-6,10H2,(H,30,31). The minimum absolute atomic E-state index is 0.000808. The fraction of sp³-hybridized carbons (Fsp3) is 0.333. The number of anilines is 1. The summed E-state index contributed by atoms with van der Waals surface area (Å²) in [6, 6.07) is 1.11. The molecule has 32 heavy (non-hydrogen) atoms. The van der Waals surface area contributed by atoms with Crippen molar-refractivity contribution >= 4 is 22.8 Å². The molecule has 2 aromatic heterocycles. The summed E-state index contributed by atoms with van der Waals surface area (Å²) >= 11 is 0. The molecule has 0 bridgehead atoms. The molecule has 1 fully saturated rings. The zero-order valence-electron chi connectivity index (χ0n) is 16.9. The van der Waals surface area contributed by atoms with Crippen molar-refractivity contribution in [1.82, 2.24) is 19.4 Å². The lowest BCUT2D eigenvalue weighted by molar-refractivity contribution is 0.0694. The largest absolute Gasteiger partial charge is 0.489 e. The molecule has 9 nitrogen and oxygen atoms in total. The van der Waals surface area contributed by atoms with Crippen LogP contribution in [-0.2, 0) is 13.1 Å². The van der Waals surface area contributed by atoms with Gasteiger partial charge in [0.25, 0.3) is 0 Å². The molecule has 2 aliphatic rings. The quantitative estimate of drug-likeness (QED) is 0.647. The topological polar surface area (TPSA) is 101 Å². The average molecular weight is 443 g/mol. The van der Waals surface area contributed by atoms with Crippen molar-refractivity contribution in [1.29, 1.82) is 0 Å². The molecule has 1 N–H and O–H groups in total. The number of ether oxygens (including phenoxy) is 1. The van der Waals surface area contributed by atoms with Gasteiger partial charge in [-0.25, -0.2) is 23.5 Å². The maximum absolute atomic E-state index is 15.1. The van der Waals surface area contributed by atoms with Crippen molar-refractivity contribution in [2.24, 2.45) is 0 Å². The molecule has 4 heterocycles. The van der Waals surface area contributed by atoms with E-state index >= 15 is 4.39 Å². The molecular formula is C21H19F2N5O4. The SMILES string of the molecule is O=C(O)c1cn2c3c(c(CN4CCN(c5ncc(F)cn5)CC4)c(F)cc3c1=O)OCC2. The number of benzene rings is 1. The molecule has 2 aliphatic heterocycles. The van der Waals surface area contributed by atoms with E-state index in [2.05, 4.69) is 9.97 Å². The molecule has 0 atom stereocenters. The summed E-state index contributed by atoms with van der Waals surface area (Å²) in [6.45, 7) is 3.25. The monoisotopic (exact) mass is 443 g/mol. The van der Waals surface area contributed by atoms with Gasteiger partial charge in [-0.2, -0.15) is 0 Å². The van der Waals surface area contributed by atoms with Gasteiger partial charge in [0.2, 0.25) is 11.4 Å². The Morgan fingerprint density at radius 3 is 2.53 bits per heavy atom. The van der Waals surface area contributed by atoms with E-state index in [0.29, 0.717) is 49.8 Å². The first-order valence-electron chi connectivity index (χ1n) is 10.1. The minimum Gasteiger partial charge on any atom is -0.489 e. The highest BCUT2D eigenvalue weighted by Gasteiger charge is 2.27. The van der Waals surface area contributed by atoms with Crippen LogP contribution in [0.3, 0.4) is 0 Å². The molecule has 0 spiro atoms. The number of aromatic nitrogens is 3. The first-order chi connectivity index (χ1) is 15.4. The minimum atomic E-state index is -1.35. The van der Waals surface area contributed by atoms with Gasteiger partial charge >= 0.3 is 5.97 Å². The van der Waals surface area contributed by atoms with E-state index in [1.54, 1.807) is 4.57 Å². The van der Waals surface area contributed by atoms with Crippen molar-refractivity contribution < 1.29 is 23.4 Å². The Morgan fingerprint density at radius 2 is 1.84 bits per heavy atom.